The quantitative estimate of drug-likeness (QED) is 0.410. The fourth-order valence-corrected chi connectivity index (χ4v) is 2.48. The summed E-state index contributed by atoms with van der Waals surface area (Å²) in [5, 5.41) is 20.9. The Kier molecular flexibility index (Phi) is 4.70. The molecule has 1 aromatic heterocycles. The second kappa shape index (κ2) is 7.09. The zero-order chi connectivity index (χ0) is 17.8. The van der Waals surface area contributed by atoms with Crippen molar-refractivity contribution >= 4 is 11.8 Å². The van der Waals surface area contributed by atoms with E-state index in [1.807, 2.05) is 19.1 Å². The monoisotopic (exact) mass is 334 g/mol. The van der Waals surface area contributed by atoms with Crippen LogP contribution in [0.3, 0.4) is 0 Å². The smallest absolute Gasteiger partial charge is 0.339 e. The number of hydrogen-bond acceptors (Lipinski definition) is 4. The molecule has 1 heterocycles. The van der Waals surface area contributed by atoms with Crippen LogP contribution < -0.4 is 9.90 Å². The number of benzene rings is 2. The van der Waals surface area contributed by atoms with Crippen LogP contribution in [-0.2, 0) is 6.42 Å². The van der Waals surface area contributed by atoms with Crippen LogP contribution in [0.5, 0.6) is 0 Å². The summed E-state index contributed by atoms with van der Waals surface area (Å²) in [4.78, 5) is 15.2. The van der Waals surface area contributed by atoms with Gasteiger partial charge in [0.1, 0.15) is 0 Å². The Balaban J connectivity index is 2.10. The van der Waals surface area contributed by atoms with E-state index in [2.05, 4.69) is 10.2 Å². The van der Waals surface area contributed by atoms with Gasteiger partial charge in [0.25, 0.3) is 0 Å². The van der Waals surface area contributed by atoms with Crippen LogP contribution in [0.2, 0.25) is 0 Å². The Morgan fingerprint density at radius 1 is 1.08 bits per heavy atom. The van der Waals surface area contributed by atoms with Crippen LogP contribution in [0.25, 0.3) is 0 Å². The first kappa shape index (κ1) is 16.6. The van der Waals surface area contributed by atoms with Gasteiger partial charge in [0.15, 0.2) is 0 Å². The largest absolute Gasteiger partial charge is 0.856 e. The highest BCUT2D eigenvalue weighted by Crippen LogP contribution is 2.05. The molecular formula is C19H18N4O2. The van der Waals surface area contributed by atoms with Gasteiger partial charge in [-0.05, 0) is 22.5 Å². The molecule has 0 aliphatic carbocycles. The highest BCUT2D eigenvalue weighted by molar-refractivity contribution is 5.94. The van der Waals surface area contributed by atoms with Gasteiger partial charge in [-0.2, -0.15) is 0 Å². The Hall–Kier alpha value is -3.28. The van der Waals surface area contributed by atoms with Crippen molar-refractivity contribution in [3.63, 3.8) is 0 Å². The predicted octanol–water partition coefficient (Wildman–Crippen LogP) is 1.30. The second-order valence-electron chi connectivity index (χ2n) is 5.51. The van der Waals surface area contributed by atoms with Gasteiger partial charge in [0, 0.05) is 24.8 Å². The molecule has 0 saturated carbocycles. The lowest BCUT2D eigenvalue weighted by atomic mass is 10.2. The molecule has 3 aromatic rings. The summed E-state index contributed by atoms with van der Waals surface area (Å²) in [6, 6.07) is 17.5. The van der Waals surface area contributed by atoms with E-state index in [1.165, 1.54) is 4.79 Å². The molecule has 0 unspecified atom stereocenters. The molecule has 0 spiro atoms. The van der Waals surface area contributed by atoms with Gasteiger partial charge in [-0.3, -0.25) is 4.79 Å². The first-order valence-electron chi connectivity index (χ1n) is 8.03. The number of nitrogens with zero attached hydrogens (tertiary/aromatic N) is 4. The summed E-state index contributed by atoms with van der Waals surface area (Å²) >= 11 is 0. The Bertz CT molecular complexity index is 915. The summed E-state index contributed by atoms with van der Waals surface area (Å²) in [5.41, 5.74) is 2.31. The van der Waals surface area contributed by atoms with Gasteiger partial charge in [-0.1, -0.05) is 60.6 Å². The van der Waals surface area contributed by atoms with Gasteiger partial charge in [0.05, 0.1) is 9.90 Å². The van der Waals surface area contributed by atoms with Gasteiger partial charge in [-0.15, -0.1) is 0 Å². The van der Waals surface area contributed by atoms with Crippen LogP contribution in [0.4, 0.5) is 0 Å². The van der Waals surface area contributed by atoms with E-state index in [0.717, 1.165) is 4.80 Å². The average molecular weight is 334 g/mol. The van der Waals surface area contributed by atoms with Gasteiger partial charge in [0.2, 0.25) is 11.4 Å². The van der Waals surface area contributed by atoms with Crippen molar-refractivity contribution in [3.05, 3.63) is 83.2 Å². The van der Waals surface area contributed by atoms with E-state index in [0.29, 0.717) is 28.9 Å². The summed E-state index contributed by atoms with van der Waals surface area (Å²) in [6.45, 7) is 3.73. The molecule has 0 aliphatic rings. The standard InChI is InChI=1S/C19H18N4O2/c1-3-17-14(2)22(21-18(24)15-10-6-4-7-11-15)23(20-17)19(25)16-12-8-5-9-13-16/h4-13H,3H2,1-2H3. The van der Waals surface area contributed by atoms with Crippen molar-refractivity contribution in [1.29, 1.82) is 0 Å². The third-order valence-corrected chi connectivity index (χ3v) is 3.86. The van der Waals surface area contributed by atoms with Crippen molar-refractivity contribution in [1.82, 2.24) is 9.90 Å². The number of aromatic nitrogens is 3. The van der Waals surface area contributed by atoms with Gasteiger partial charge in [-0.25, -0.2) is 0 Å². The third-order valence-electron chi connectivity index (χ3n) is 3.86. The Morgan fingerprint density at radius 2 is 1.64 bits per heavy atom. The molecule has 0 fully saturated rings. The molecule has 0 bridgehead atoms. The summed E-state index contributed by atoms with van der Waals surface area (Å²) < 4.78 is 0. The minimum Gasteiger partial charge on any atom is -0.856 e. The predicted molar refractivity (Wildman–Crippen MR) is 91.1 cm³/mol. The molecule has 3 rings (SSSR count). The molecule has 126 valence electrons. The second-order valence-corrected chi connectivity index (χ2v) is 5.51. The maximum atomic E-state index is 12.8. The molecular weight excluding hydrogens is 316 g/mol. The zero-order valence-corrected chi connectivity index (χ0v) is 14.1. The number of hydrogen-bond donors (Lipinski definition) is 0. The lowest BCUT2D eigenvalue weighted by molar-refractivity contribution is -0.759. The van der Waals surface area contributed by atoms with E-state index in [1.54, 1.807) is 55.5 Å². The van der Waals surface area contributed by atoms with Crippen LogP contribution in [0.1, 0.15) is 34.2 Å². The Labute approximate surface area is 145 Å². The lowest BCUT2D eigenvalue weighted by Gasteiger charge is -2.08. The topological polar surface area (TPSA) is 74.2 Å². The lowest BCUT2D eigenvalue weighted by Crippen LogP contribution is -2.47. The SMILES string of the molecule is CCc1nn(C(=O)c2ccccc2)[n+](N=C([O-])c2ccccc2)c1C. The van der Waals surface area contributed by atoms with Crippen LogP contribution >= 0.6 is 0 Å². The minimum atomic E-state index is -0.432. The highest BCUT2D eigenvalue weighted by atomic mass is 16.3. The number of carbonyl (C=O) groups excluding carboxylic acids is 1. The van der Waals surface area contributed by atoms with Crippen LogP contribution in [0.15, 0.2) is 65.8 Å². The first-order valence-corrected chi connectivity index (χ1v) is 8.03. The average Bonchev–Trinajstić information content (AvgIpc) is 2.98. The molecule has 0 amide bonds. The fourth-order valence-electron chi connectivity index (χ4n) is 2.48. The Morgan fingerprint density at radius 3 is 2.20 bits per heavy atom. The van der Waals surface area contributed by atoms with Crippen molar-refractivity contribution < 1.29 is 14.7 Å². The molecule has 6 nitrogen and oxygen atoms in total. The number of aryl methyl sites for hydroxylation is 1. The van der Waals surface area contributed by atoms with Gasteiger partial charge < -0.3 is 5.11 Å². The summed E-state index contributed by atoms with van der Waals surface area (Å²) in [7, 11) is 0. The third kappa shape index (κ3) is 3.33. The molecule has 0 atom stereocenters. The maximum absolute atomic E-state index is 12.8. The minimum absolute atomic E-state index is 0.340. The van der Waals surface area contributed by atoms with Crippen molar-refractivity contribution in [2.24, 2.45) is 5.10 Å². The van der Waals surface area contributed by atoms with E-state index in [4.69, 9.17) is 0 Å². The van der Waals surface area contributed by atoms with E-state index < -0.39 is 5.90 Å². The highest BCUT2D eigenvalue weighted by Gasteiger charge is 2.27. The van der Waals surface area contributed by atoms with Crippen molar-refractivity contribution in [2.45, 2.75) is 20.3 Å². The van der Waals surface area contributed by atoms with Crippen molar-refractivity contribution in [2.75, 3.05) is 0 Å². The van der Waals surface area contributed by atoms with Crippen LogP contribution in [-0.4, -0.2) is 21.7 Å². The number of carbonyl (C=O) groups is 1. The van der Waals surface area contributed by atoms with E-state index in [-0.39, 0.29) is 5.91 Å². The normalized spacial score (nSPS) is 11.5. The molecule has 2 aromatic carbocycles. The van der Waals surface area contributed by atoms with Crippen LogP contribution in [0, 0.1) is 6.92 Å². The molecule has 0 N–H and O–H groups in total. The van der Waals surface area contributed by atoms with Gasteiger partial charge >= 0.3 is 5.91 Å². The first-order chi connectivity index (χ1) is 12.1. The molecule has 0 aliphatic heterocycles. The maximum Gasteiger partial charge on any atom is 0.339 e. The summed E-state index contributed by atoms with van der Waals surface area (Å²) in [5.74, 6) is -0.772. The van der Waals surface area contributed by atoms with E-state index in [9.17, 15) is 9.90 Å². The van der Waals surface area contributed by atoms with E-state index >= 15 is 0 Å². The van der Waals surface area contributed by atoms with Crippen molar-refractivity contribution in [3.8, 4) is 0 Å². The fraction of sp³-hybridized carbons (Fsp3) is 0.158. The number of rotatable bonds is 4. The molecule has 25 heavy (non-hydrogen) atoms. The molecule has 6 heteroatoms. The summed E-state index contributed by atoms with van der Waals surface area (Å²) in [6.07, 6.45) is 0.635. The molecule has 0 saturated heterocycles. The molecule has 0 radical (unpaired) electrons. The zero-order valence-electron chi connectivity index (χ0n) is 14.1.